The van der Waals surface area contributed by atoms with Crippen LogP contribution < -0.4 is 0 Å². The lowest BCUT2D eigenvalue weighted by Crippen LogP contribution is -2.44. The molecule has 0 aromatic carbocycles. The lowest BCUT2D eigenvalue weighted by atomic mass is 9.99. The molecule has 5 heterocycles. The zero-order valence-electron chi connectivity index (χ0n) is 15.2. The first-order valence-electron chi connectivity index (χ1n) is 9.04. The molecule has 5 rings (SSSR count). The van der Waals surface area contributed by atoms with Gasteiger partial charge in [0.1, 0.15) is 18.2 Å². The molecule has 2 atom stereocenters. The molecule has 26 heavy (non-hydrogen) atoms. The van der Waals surface area contributed by atoms with E-state index in [1.807, 2.05) is 42.4 Å². The Bertz CT molecular complexity index is 1030. The number of nitrogens with zero attached hydrogens (tertiary/aromatic N) is 7. The minimum Gasteiger partial charge on any atom is -0.331 e. The molecule has 0 aliphatic carbocycles. The summed E-state index contributed by atoms with van der Waals surface area (Å²) in [4.78, 5) is 24.0. The Morgan fingerprint density at radius 2 is 2.08 bits per heavy atom. The highest BCUT2D eigenvalue weighted by molar-refractivity contribution is 5.78. The van der Waals surface area contributed by atoms with Crippen molar-refractivity contribution >= 4 is 11.6 Å². The van der Waals surface area contributed by atoms with Crippen LogP contribution in [0.3, 0.4) is 0 Å². The quantitative estimate of drug-likeness (QED) is 0.699. The van der Waals surface area contributed by atoms with Gasteiger partial charge in [-0.25, -0.2) is 19.2 Å². The number of carbonyl (C=O) groups is 1. The van der Waals surface area contributed by atoms with Gasteiger partial charge >= 0.3 is 0 Å². The van der Waals surface area contributed by atoms with E-state index in [-0.39, 0.29) is 24.5 Å². The van der Waals surface area contributed by atoms with Crippen LogP contribution in [0.2, 0.25) is 0 Å². The second-order valence-corrected chi connectivity index (χ2v) is 7.33. The van der Waals surface area contributed by atoms with Gasteiger partial charge < -0.3 is 4.90 Å². The molecule has 0 spiro atoms. The Kier molecular flexibility index (Phi) is 3.19. The minimum atomic E-state index is 0.0857. The van der Waals surface area contributed by atoms with Gasteiger partial charge in [-0.2, -0.15) is 10.2 Å². The molecule has 8 nitrogen and oxygen atoms in total. The van der Waals surface area contributed by atoms with E-state index in [0.29, 0.717) is 5.82 Å². The zero-order chi connectivity index (χ0) is 18.0. The summed E-state index contributed by atoms with van der Waals surface area (Å²) in [6, 6.07) is 2.30. The summed E-state index contributed by atoms with van der Waals surface area (Å²) in [7, 11) is 0. The first-order chi connectivity index (χ1) is 12.5. The number of rotatable bonds is 2. The maximum absolute atomic E-state index is 13.1. The maximum Gasteiger partial charge on any atom is 0.245 e. The predicted molar refractivity (Wildman–Crippen MR) is 93.5 cm³/mol. The third-order valence-corrected chi connectivity index (χ3v) is 5.56. The van der Waals surface area contributed by atoms with Crippen molar-refractivity contribution in [1.82, 2.24) is 34.3 Å². The van der Waals surface area contributed by atoms with Crippen LogP contribution >= 0.6 is 0 Å². The summed E-state index contributed by atoms with van der Waals surface area (Å²) in [6.07, 6.45) is 4.75. The Balaban J connectivity index is 1.50. The minimum absolute atomic E-state index is 0.0857. The smallest absolute Gasteiger partial charge is 0.245 e. The molecule has 8 heteroatoms. The van der Waals surface area contributed by atoms with E-state index in [1.165, 1.54) is 5.69 Å². The van der Waals surface area contributed by atoms with Gasteiger partial charge in [-0.3, -0.25) is 4.79 Å². The lowest BCUT2D eigenvalue weighted by Gasteiger charge is -2.36. The number of hydrogen-bond donors (Lipinski definition) is 0. The molecular weight excluding hydrogens is 330 g/mol. The second kappa shape index (κ2) is 5.36. The van der Waals surface area contributed by atoms with Crippen molar-refractivity contribution in [3.63, 3.8) is 0 Å². The number of aromatic nitrogens is 6. The van der Waals surface area contributed by atoms with E-state index in [0.717, 1.165) is 42.0 Å². The van der Waals surface area contributed by atoms with Crippen molar-refractivity contribution < 1.29 is 4.79 Å². The highest BCUT2D eigenvalue weighted by Gasteiger charge is 2.43. The Morgan fingerprint density at radius 3 is 2.85 bits per heavy atom. The first-order valence-corrected chi connectivity index (χ1v) is 9.04. The molecule has 1 amide bonds. The number of carbonyl (C=O) groups excluding carboxylic acids is 1. The molecule has 2 bridgehead atoms. The van der Waals surface area contributed by atoms with Crippen LogP contribution in [0.25, 0.3) is 5.65 Å². The van der Waals surface area contributed by atoms with Gasteiger partial charge in [0, 0.05) is 30.3 Å². The molecule has 1 saturated heterocycles. The summed E-state index contributed by atoms with van der Waals surface area (Å²) >= 11 is 0. The number of amides is 1. The third-order valence-electron chi connectivity index (χ3n) is 5.56. The third kappa shape index (κ3) is 2.17. The number of hydrogen-bond acceptors (Lipinski definition) is 5. The van der Waals surface area contributed by atoms with Crippen LogP contribution in [0, 0.1) is 20.8 Å². The summed E-state index contributed by atoms with van der Waals surface area (Å²) < 4.78 is 3.66. The van der Waals surface area contributed by atoms with Gasteiger partial charge in [0.05, 0.1) is 17.4 Å². The predicted octanol–water partition coefficient (Wildman–Crippen LogP) is 1.53. The molecule has 2 aliphatic rings. The standard InChI is InChI=1S/C18H21N7O/c1-10-6-17-19-8-14-15-5-4-13(7-16(14)25(17)21-10)24(15)18(26)9-23-12(3)20-11(2)22-23/h6,8,13,15H,4-5,7,9H2,1-3H3. The maximum atomic E-state index is 13.1. The average Bonchev–Trinajstić information content (AvgIpc) is 3.22. The van der Waals surface area contributed by atoms with E-state index >= 15 is 0 Å². The molecule has 2 unspecified atom stereocenters. The molecule has 3 aromatic heterocycles. The van der Waals surface area contributed by atoms with Crippen LogP contribution in [0.5, 0.6) is 0 Å². The Morgan fingerprint density at radius 1 is 1.23 bits per heavy atom. The van der Waals surface area contributed by atoms with Gasteiger partial charge in [-0.1, -0.05) is 0 Å². The number of fused-ring (bicyclic) bond motifs is 6. The second-order valence-electron chi connectivity index (χ2n) is 7.33. The van der Waals surface area contributed by atoms with E-state index < -0.39 is 0 Å². The lowest BCUT2D eigenvalue weighted by molar-refractivity contribution is -0.135. The summed E-state index contributed by atoms with van der Waals surface area (Å²) in [5.41, 5.74) is 4.18. The molecule has 3 aromatic rings. The van der Waals surface area contributed by atoms with Crippen LogP contribution in [0.1, 0.15) is 47.5 Å². The van der Waals surface area contributed by atoms with E-state index in [9.17, 15) is 4.79 Å². The summed E-state index contributed by atoms with van der Waals surface area (Å²) in [5, 5.41) is 8.94. The van der Waals surface area contributed by atoms with Crippen molar-refractivity contribution in [3.8, 4) is 0 Å². The molecule has 0 saturated carbocycles. The van der Waals surface area contributed by atoms with Crippen molar-refractivity contribution in [1.29, 1.82) is 0 Å². The monoisotopic (exact) mass is 351 g/mol. The fraction of sp³-hybridized carbons (Fsp3) is 0.500. The molecular formula is C18H21N7O. The zero-order valence-corrected chi connectivity index (χ0v) is 15.2. The van der Waals surface area contributed by atoms with Gasteiger partial charge in [0.25, 0.3) is 0 Å². The molecule has 134 valence electrons. The topological polar surface area (TPSA) is 81.2 Å². The summed E-state index contributed by atoms with van der Waals surface area (Å²) in [5.74, 6) is 1.58. The van der Waals surface area contributed by atoms with Gasteiger partial charge in [0.2, 0.25) is 5.91 Å². The van der Waals surface area contributed by atoms with Crippen LogP contribution in [-0.4, -0.2) is 46.2 Å². The van der Waals surface area contributed by atoms with Gasteiger partial charge in [0.15, 0.2) is 5.65 Å². The van der Waals surface area contributed by atoms with Crippen LogP contribution in [0.15, 0.2) is 12.3 Å². The van der Waals surface area contributed by atoms with Gasteiger partial charge in [-0.15, -0.1) is 0 Å². The first kappa shape index (κ1) is 15.5. The fourth-order valence-corrected chi connectivity index (χ4v) is 4.50. The van der Waals surface area contributed by atoms with Crippen molar-refractivity contribution in [2.75, 3.05) is 0 Å². The molecule has 1 fully saturated rings. The average molecular weight is 351 g/mol. The normalized spacial score (nSPS) is 21.4. The molecule has 0 radical (unpaired) electrons. The van der Waals surface area contributed by atoms with Crippen LogP contribution in [-0.2, 0) is 17.8 Å². The van der Waals surface area contributed by atoms with E-state index in [2.05, 4.69) is 20.2 Å². The van der Waals surface area contributed by atoms with Crippen molar-refractivity contribution in [2.24, 2.45) is 0 Å². The van der Waals surface area contributed by atoms with E-state index in [1.54, 1.807) is 4.68 Å². The highest BCUT2D eigenvalue weighted by Crippen LogP contribution is 2.43. The Labute approximate surface area is 150 Å². The van der Waals surface area contributed by atoms with E-state index in [4.69, 9.17) is 0 Å². The Hall–Kier alpha value is -2.77. The SMILES string of the molecule is Cc1cc2ncc3c(n2n1)CC1CCC3N1C(=O)Cn1nc(C)nc1C. The van der Waals surface area contributed by atoms with Crippen LogP contribution in [0.4, 0.5) is 0 Å². The number of aryl methyl sites for hydroxylation is 3. The highest BCUT2D eigenvalue weighted by atomic mass is 16.2. The molecule has 0 N–H and O–H groups in total. The molecule has 2 aliphatic heterocycles. The van der Waals surface area contributed by atoms with Crippen molar-refractivity contribution in [3.05, 3.63) is 40.9 Å². The van der Waals surface area contributed by atoms with Gasteiger partial charge in [-0.05, 0) is 33.6 Å². The largest absolute Gasteiger partial charge is 0.331 e. The summed E-state index contributed by atoms with van der Waals surface area (Å²) in [6.45, 7) is 5.95. The van der Waals surface area contributed by atoms with Crippen molar-refractivity contribution in [2.45, 2.75) is 58.7 Å². The fourth-order valence-electron chi connectivity index (χ4n) is 4.50.